The predicted octanol–water partition coefficient (Wildman–Crippen LogP) is 1.87. The summed E-state index contributed by atoms with van der Waals surface area (Å²) in [7, 11) is 3.52. The molecule has 1 aromatic carbocycles. The van der Waals surface area contributed by atoms with Crippen LogP contribution in [0.1, 0.15) is 31.4 Å². The van der Waals surface area contributed by atoms with Crippen molar-refractivity contribution in [1.82, 2.24) is 10.6 Å². The van der Waals surface area contributed by atoms with Crippen LogP contribution in [0.3, 0.4) is 0 Å². The van der Waals surface area contributed by atoms with Crippen molar-refractivity contribution in [3.8, 4) is 5.75 Å². The van der Waals surface area contributed by atoms with Gasteiger partial charge in [-0.1, -0.05) is 12.1 Å². The molecule has 0 fully saturated rings. The average Bonchev–Trinajstić information content (AvgIpc) is 2.39. The van der Waals surface area contributed by atoms with Gasteiger partial charge in [-0.3, -0.25) is 4.79 Å². The first-order valence-electron chi connectivity index (χ1n) is 6.25. The van der Waals surface area contributed by atoms with Crippen LogP contribution in [0.25, 0.3) is 0 Å². The number of hydrogen-bond acceptors (Lipinski definition) is 3. The van der Waals surface area contributed by atoms with Crippen LogP contribution in [0.2, 0.25) is 0 Å². The third kappa shape index (κ3) is 4.75. The van der Waals surface area contributed by atoms with Crippen molar-refractivity contribution in [2.24, 2.45) is 0 Å². The Kier molecular flexibility index (Phi) is 6.22. The minimum Gasteiger partial charge on any atom is -0.497 e. The van der Waals surface area contributed by atoms with E-state index in [0.717, 1.165) is 24.3 Å². The van der Waals surface area contributed by atoms with Crippen LogP contribution >= 0.6 is 0 Å². The molecule has 0 unspecified atom stereocenters. The molecule has 0 saturated carbocycles. The van der Waals surface area contributed by atoms with Crippen LogP contribution in [0, 0.1) is 0 Å². The minimum absolute atomic E-state index is 0.00202. The fourth-order valence-electron chi connectivity index (χ4n) is 1.73. The summed E-state index contributed by atoms with van der Waals surface area (Å²) in [5.41, 5.74) is 1.05. The highest BCUT2D eigenvalue weighted by Gasteiger charge is 2.09. The fourth-order valence-corrected chi connectivity index (χ4v) is 1.73. The van der Waals surface area contributed by atoms with Crippen molar-refractivity contribution in [1.29, 1.82) is 0 Å². The maximum absolute atomic E-state index is 11.7. The Morgan fingerprint density at radius 3 is 2.89 bits per heavy atom. The molecule has 1 amide bonds. The van der Waals surface area contributed by atoms with E-state index in [1.165, 1.54) is 0 Å². The van der Waals surface area contributed by atoms with Gasteiger partial charge in [-0.25, -0.2) is 0 Å². The molecule has 0 aliphatic heterocycles. The van der Waals surface area contributed by atoms with E-state index >= 15 is 0 Å². The van der Waals surface area contributed by atoms with E-state index in [0.29, 0.717) is 6.42 Å². The highest BCUT2D eigenvalue weighted by Crippen LogP contribution is 2.18. The molecule has 4 nitrogen and oxygen atoms in total. The second-order valence-electron chi connectivity index (χ2n) is 4.27. The second kappa shape index (κ2) is 7.71. The van der Waals surface area contributed by atoms with Crippen molar-refractivity contribution >= 4 is 5.91 Å². The van der Waals surface area contributed by atoms with Crippen molar-refractivity contribution in [3.05, 3.63) is 29.8 Å². The van der Waals surface area contributed by atoms with Crippen molar-refractivity contribution in [2.75, 3.05) is 20.7 Å². The molecule has 0 saturated heterocycles. The molecule has 1 aromatic rings. The molecular weight excluding hydrogens is 228 g/mol. The number of benzene rings is 1. The predicted molar refractivity (Wildman–Crippen MR) is 72.7 cm³/mol. The van der Waals surface area contributed by atoms with Crippen molar-refractivity contribution in [2.45, 2.75) is 25.8 Å². The van der Waals surface area contributed by atoms with Crippen LogP contribution < -0.4 is 15.4 Å². The zero-order valence-electron chi connectivity index (χ0n) is 11.3. The van der Waals surface area contributed by atoms with E-state index in [-0.39, 0.29) is 11.9 Å². The van der Waals surface area contributed by atoms with Gasteiger partial charge in [0.25, 0.3) is 0 Å². The number of rotatable bonds is 7. The van der Waals surface area contributed by atoms with Gasteiger partial charge in [-0.15, -0.1) is 0 Å². The minimum atomic E-state index is 0.00202. The molecule has 4 heteroatoms. The van der Waals surface area contributed by atoms with E-state index in [4.69, 9.17) is 4.74 Å². The average molecular weight is 250 g/mol. The Bertz CT molecular complexity index is 380. The maximum atomic E-state index is 11.7. The van der Waals surface area contributed by atoms with Crippen molar-refractivity contribution < 1.29 is 9.53 Å². The number of amides is 1. The molecule has 0 spiro atoms. The first-order valence-corrected chi connectivity index (χ1v) is 6.25. The molecule has 18 heavy (non-hydrogen) atoms. The molecule has 0 aliphatic rings. The van der Waals surface area contributed by atoms with Gasteiger partial charge in [-0.2, -0.15) is 0 Å². The summed E-state index contributed by atoms with van der Waals surface area (Å²) in [5.74, 6) is 0.893. The molecule has 1 atom stereocenters. The zero-order chi connectivity index (χ0) is 13.4. The van der Waals surface area contributed by atoms with Crippen LogP contribution in [0.15, 0.2) is 24.3 Å². The lowest BCUT2D eigenvalue weighted by Crippen LogP contribution is -2.27. The highest BCUT2D eigenvalue weighted by molar-refractivity contribution is 5.76. The Morgan fingerprint density at radius 1 is 1.44 bits per heavy atom. The van der Waals surface area contributed by atoms with Crippen LogP contribution in [0.4, 0.5) is 0 Å². The molecule has 2 N–H and O–H groups in total. The van der Waals surface area contributed by atoms with E-state index < -0.39 is 0 Å². The quantitative estimate of drug-likeness (QED) is 0.726. The molecule has 0 aromatic heterocycles. The van der Waals surface area contributed by atoms with Gasteiger partial charge >= 0.3 is 0 Å². The fraction of sp³-hybridized carbons (Fsp3) is 0.500. The largest absolute Gasteiger partial charge is 0.497 e. The molecule has 0 radical (unpaired) electrons. The SMILES string of the molecule is CNCCCC(=O)N[C@@H](C)c1cccc(OC)c1. The van der Waals surface area contributed by atoms with Crippen LogP contribution in [-0.4, -0.2) is 26.6 Å². The third-order valence-electron chi connectivity index (χ3n) is 2.80. The van der Waals surface area contributed by atoms with Gasteiger partial charge in [-0.05, 0) is 44.6 Å². The van der Waals surface area contributed by atoms with Crippen LogP contribution in [-0.2, 0) is 4.79 Å². The second-order valence-corrected chi connectivity index (χ2v) is 4.27. The number of nitrogens with one attached hydrogen (secondary N) is 2. The van der Waals surface area contributed by atoms with E-state index in [1.54, 1.807) is 7.11 Å². The van der Waals surface area contributed by atoms with E-state index in [9.17, 15) is 4.79 Å². The molecular formula is C14H22N2O2. The van der Waals surface area contributed by atoms with Crippen molar-refractivity contribution in [3.63, 3.8) is 0 Å². The highest BCUT2D eigenvalue weighted by atomic mass is 16.5. The van der Waals surface area contributed by atoms with E-state index in [2.05, 4.69) is 10.6 Å². The van der Waals surface area contributed by atoms with Gasteiger partial charge in [0.1, 0.15) is 5.75 Å². The van der Waals surface area contributed by atoms with Gasteiger partial charge in [0, 0.05) is 6.42 Å². The lowest BCUT2D eigenvalue weighted by Gasteiger charge is -2.15. The Balaban J connectivity index is 2.48. The smallest absolute Gasteiger partial charge is 0.220 e. The Labute approximate surface area is 109 Å². The van der Waals surface area contributed by atoms with Crippen LogP contribution in [0.5, 0.6) is 5.75 Å². The maximum Gasteiger partial charge on any atom is 0.220 e. The lowest BCUT2D eigenvalue weighted by molar-refractivity contribution is -0.121. The first kappa shape index (κ1) is 14.5. The Morgan fingerprint density at radius 2 is 2.22 bits per heavy atom. The van der Waals surface area contributed by atoms with Gasteiger partial charge in [0.05, 0.1) is 13.2 Å². The van der Waals surface area contributed by atoms with Gasteiger partial charge in [0.15, 0.2) is 0 Å². The summed E-state index contributed by atoms with van der Waals surface area (Å²) >= 11 is 0. The molecule has 0 aliphatic carbocycles. The Hall–Kier alpha value is -1.55. The molecule has 100 valence electrons. The summed E-state index contributed by atoms with van der Waals surface area (Å²) in [6.45, 7) is 2.84. The topological polar surface area (TPSA) is 50.4 Å². The summed E-state index contributed by atoms with van der Waals surface area (Å²) in [4.78, 5) is 11.7. The number of hydrogen-bond donors (Lipinski definition) is 2. The van der Waals surface area contributed by atoms with Gasteiger partial charge < -0.3 is 15.4 Å². The molecule has 1 rings (SSSR count). The number of ether oxygens (including phenoxy) is 1. The monoisotopic (exact) mass is 250 g/mol. The third-order valence-corrected chi connectivity index (χ3v) is 2.80. The molecule has 0 bridgehead atoms. The summed E-state index contributed by atoms with van der Waals surface area (Å²) in [6.07, 6.45) is 1.41. The van der Waals surface area contributed by atoms with E-state index in [1.807, 2.05) is 38.2 Å². The van der Waals surface area contributed by atoms with Gasteiger partial charge in [0.2, 0.25) is 5.91 Å². The number of carbonyl (C=O) groups is 1. The standard InChI is InChI=1S/C14H22N2O2/c1-11(16-14(17)8-5-9-15-2)12-6-4-7-13(10-12)18-3/h4,6-7,10-11,15H,5,8-9H2,1-3H3,(H,16,17)/t11-/m0/s1. The molecule has 0 heterocycles. The summed E-state index contributed by atoms with van der Waals surface area (Å²) < 4.78 is 5.17. The number of carbonyl (C=O) groups excluding carboxylic acids is 1. The zero-order valence-corrected chi connectivity index (χ0v) is 11.3. The summed E-state index contributed by atoms with van der Waals surface area (Å²) in [5, 5.41) is 6.01. The number of methoxy groups -OCH3 is 1. The normalized spacial score (nSPS) is 11.9. The lowest BCUT2D eigenvalue weighted by atomic mass is 10.1. The first-order chi connectivity index (χ1) is 8.67. The summed E-state index contributed by atoms with van der Waals surface area (Å²) in [6, 6.07) is 7.75.